The third-order valence-corrected chi connectivity index (χ3v) is 4.18. The van der Waals surface area contributed by atoms with Gasteiger partial charge in [0.2, 0.25) is 6.34 Å². The summed E-state index contributed by atoms with van der Waals surface area (Å²) in [5.41, 5.74) is 3.11. The van der Waals surface area contributed by atoms with Gasteiger partial charge in [-0.05, 0) is 13.3 Å². The van der Waals surface area contributed by atoms with Crippen LogP contribution in [0.5, 0.6) is 0 Å². The molecule has 1 aromatic heterocycles. The molecule has 0 spiro atoms. The Morgan fingerprint density at radius 3 is 2.70 bits per heavy atom. The topological polar surface area (TPSA) is 47.2 Å². The number of benzene rings is 1. The van der Waals surface area contributed by atoms with E-state index in [4.69, 9.17) is 0 Å². The molecule has 1 aliphatic rings. The number of rotatable bonds is 4. The number of imidazole rings is 1. The quantitative estimate of drug-likeness (QED) is 0.803. The number of amides is 1. The number of aliphatic imine (C=N–C) groups is 1. The third-order valence-electron chi connectivity index (χ3n) is 4.18. The highest BCUT2D eigenvalue weighted by Crippen LogP contribution is 2.33. The fourth-order valence-electron chi connectivity index (χ4n) is 3.05. The van der Waals surface area contributed by atoms with E-state index in [1.54, 1.807) is 29.6 Å². The van der Waals surface area contributed by atoms with Gasteiger partial charge in [0.05, 0.1) is 0 Å². The Bertz CT molecular complexity index is 747. The van der Waals surface area contributed by atoms with Crippen molar-refractivity contribution in [2.45, 2.75) is 33.2 Å². The Hall–Kier alpha value is -2.53. The fourth-order valence-corrected chi connectivity index (χ4v) is 3.05. The van der Waals surface area contributed by atoms with Gasteiger partial charge in [0.1, 0.15) is 24.3 Å². The summed E-state index contributed by atoms with van der Waals surface area (Å²) in [5, 5.41) is 0. The number of quaternary nitrogens is 1. The van der Waals surface area contributed by atoms with Crippen molar-refractivity contribution in [2.75, 3.05) is 0 Å². The van der Waals surface area contributed by atoms with Crippen LogP contribution in [0.25, 0.3) is 0 Å². The van der Waals surface area contributed by atoms with E-state index in [0.29, 0.717) is 6.54 Å². The van der Waals surface area contributed by atoms with Crippen molar-refractivity contribution in [3.8, 4) is 0 Å². The van der Waals surface area contributed by atoms with Gasteiger partial charge in [-0.1, -0.05) is 37.3 Å². The molecular formula is C18H21N4O+. The Morgan fingerprint density at radius 1 is 1.26 bits per heavy atom. The molecule has 0 bridgehead atoms. The predicted octanol–water partition coefficient (Wildman–Crippen LogP) is 3.94. The normalized spacial score (nSPS) is 20.3. The number of allylic oxidation sites excluding steroid dienone is 2. The van der Waals surface area contributed by atoms with E-state index in [0.717, 1.165) is 29.8 Å². The van der Waals surface area contributed by atoms with Crippen molar-refractivity contribution >= 4 is 12.4 Å². The lowest BCUT2D eigenvalue weighted by Gasteiger charge is -2.30. The molecule has 0 saturated carbocycles. The molecule has 1 aliphatic heterocycles. The number of aromatic nitrogens is 2. The van der Waals surface area contributed by atoms with Gasteiger partial charge in [0.25, 0.3) is 0 Å². The number of hydrogen-bond donors (Lipinski definition) is 0. The van der Waals surface area contributed by atoms with Crippen LogP contribution in [-0.2, 0) is 6.54 Å². The summed E-state index contributed by atoms with van der Waals surface area (Å²) in [7, 11) is 0. The zero-order chi connectivity index (χ0) is 16.3. The maximum absolute atomic E-state index is 13.2. The van der Waals surface area contributed by atoms with Gasteiger partial charge in [0.15, 0.2) is 0 Å². The minimum Gasteiger partial charge on any atom is -0.245 e. The molecule has 0 N–H and O–H groups in total. The van der Waals surface area contributed by atoms with Crippen LogP contribution < -0.4 is 0 Å². The first kappa shape index (κ1) is 15.4. The highest BCUT2D eigenvalue weighted by Gasteiger charge is 2.45. The van der Waals surface area contributed by atoms with Crippen LogP contribution in [-0.4, -0.2) is 26.4 Å². The van der Waals surface area contributed by atoms with Crippen molar-refractivity contribution in [3.05, 3.63) is 66.0 Å². The van der Waals surface area contributed by atoms with Gasteiger partial charge in [0, 0.05) is 24.4 Å². The van der Waals surface area contributed by atoms with Crippen molar-refractivity contribution < 1.29 is 9.28 Å². The highest BCUT2D eigenvalue weighted by molar-refractivity contribution is 5.80. The van der Waals surface area contributed by atoms with Gasteiger partial charge in [-0.2, -0.15) is 4.48 Å². The Morgan fingerprint density at radius 2 is 2.04 bits per heavy atom. The predicted molar refractivity (Wildman–Crippen MR) is 89.5 cm³/mol. The van der Waals surface area contributed by atoms with Crippen LogP contribution >= 0.6 is 0 Å². The van der Waals surface area contributed by atoms with Crippen LogP contribution in [0.15, 0.2) is 65.4 Å². The second-order valence-electron chi connectivity index (χ2n) is 5.79. The minimum absolute atomic E-state index is 0.0459. The summed E-state index contributed by atoms with van der Waals surface area (Å²) >= 11 is 0. The molecule has 1 amide bonds. The molecule has 0 fully saturated rings. The smallest absolute Gasteiger partial charge is 0.245 e. The zero-order valence-electron chi connectivity index (χ0n) is 13.5. The molecule has 3 rings (SSSR count). The van der Waals surface area contributed by atoms with E-state index in [-0.39, 0.29) is 10.5 Å². The molecule has 1 atom stereocenters. The number of carbonyl (C=O) groups excluding carboxylic acids is 1. The van der Waals surface area contributed by atoms with Crippen molar-refractivity contribution in [1.82, 2.24) is 9.55 Å². The summed E-state index contributed by atoms with van der Waals surface area (Å²) in [6, 6.07) is 10.0. The average Bonchev–Trinajstić information content (AvgIpc) is 3.20. The van der Waals surface area contributed by atoms with E-state index < -0.39 is 0 Å². The first-order chi connectivity index (χ1) is 11.2. The fraction of sp³-hybridized carbons (Fsp3) is 0.278. The van der Waals surface area contributed by atoms with E-state index in [9.17, 15) is 4.79 Å². The summed E-state index contributed by atoms with van der Waals surface area (Å²) < 4.78 is 1.66. The molecule has 1 unspecified atom stereocenters. The molecule has 5 heteroatoms. The summed E-state index contributed by atoms with van der Waals surface area (Å²) in [4.78, 5) is 21.7. The van der Waals surface area contributed by atoms with Gasteiger partial charge in [-0.3, -0.25) is 0 Å². The molecule has 0 aliphatic carbocycles. The summed E-state index contributed by atoms with van der Waals surface area (Å²) in [5.74, 6) is 0. The van der Waals surface area contributed by atoms with E-state index in [1.807, 2.05) is 37.3 Å². The lowest BCUT2D eigenvalue weighted by molar-refractivity contribution is -0.724. The number of nitrogens with zero attached hydrogens (tertiary/aromatic N) is 4. The molecule has 118 valence electrons. The largest absolute Gasteiger partial charge is 0.439 e. The van der Waals surface area contributed by atoms with Gasteiger partial charge in [-0.25, -0.2) is 19.3 Å². The van der Waals surface area contributed by atoms with Gasteiger partial charge in [-0.15, -0.1) is 0 Å². The molecular weight excluding hydrogens is 288 g/mol. The molecule has 5 nitrogen and oxygen atoms in total. The van der Waals surface area contributed by atoms with Crippen LogP contribution in [0.4, 0.5) is 4.79 Å². The average molecular weight is 309 g/mol. The van der Waals surface area contributed by atoms with Crippen LogP contribution in [0.3, 0.4) is 0 Å². The lowest BCUT2D eigenvalue weighted by Crippen LogP contribution is -2.50. The Labute approximate surface area is 136 Å². The lowest BCUT2D eigenvalue weighted by atomic mass is 10.1. The second-order valence-corrected chi connectivity index (χ2v) is 5.79. The second kappa shape index (κ2) is 6.30. The van der Waals surface area contributed by atoms with E-state index >= 15 is 0 Å². The monoisotopic (exact) mass is 309 g/mol. The van der Waals surface area contributed by atoms with Crippen molar-refractivity contribution in [1.29, 1.82) is 0 Å². The zero-order valence-corrected chi connectivity index (χ0v) is 13.5. The minimum atomic E-state index is -0.0459. The van der Waals surface area contributed by atoms with E-state index in [2.05, 4.69) is 16.9 Å². The van der Waals surface area contributed by atoms with Crippen LogP contribution in [0.2, 0.25) is 0 Å². The first-order valence-corrected chi connectivity index (χ1v) is 7.87. The SMILES string of the molecule is CCCC1=C(C)N=C[N+]1(Cc1ccccc1)C(=O)n1ccnc1. The number of hydrogen-bond acceptors (Lipinski definition) is 3. The Kier molecular flexibility index (Phi) is 4.21. The molecule has 1 aromatic carbocycles. The van der Waals surface area contributed by atoms with Crippen molar-refractivity contribution in [3.63, 3.8) is 0 Å². The molecule has 0 radical (unpaired) electrons. The van der Waals surface area contributed by atoms with Crippen molar-refractivity contribution in [2.24, 2.45) is 4.99 Å². The van der Waals surface area contributed by atoms with Gasteiger partial charge < -0.3 is 0 Å². The molecule has 2 heterocycles. The third kappa shape index (κ3) is 2.75. The van der Waals surface area contributed by atoms with E-state index in [1.165, 1.54) is 0 Å². The molecule has 0 saturated heterocycles. The number of carbonyl (C=O) groups is 1. The maximum atomic E-state index is 13.2. The standard InChI is InChI=1S/C18H21N4O/c1-3-7-17-15(2)20-14-22(17,12-16-8-5-4-6-9-16)18(23)21-11-10-19-13-21/h4-6,8-11,13-14H,3,7,12H2,1-2H3/q+1. The van der Waals surface area contributed by atoms with Gasteiger partial charge >= 0.3 is 6.03 Å². The summed E-state index contributed by atoms with van der Waals surface area (Å²) in [6.45, 7) is 4.67. The van der Waals surface area contributed by atoms with Crippen LogP contribution in [0.1, 0.15) is 32.3 Å². The maximum Gasteiger partial charge on any atom is 0.439 e. The first-order valence-electron chi connectivity index (χ1n) is 7.87. The molecule has 23 heavy (non-hydrogen) atoms. The Balaban J connectivity index is 2.07. The summed E-state index contributed by atoms with van der Waals surface area (Å²) in [6.07, 6.45) is 8.47. The highest BCUT2D eigenvalue weighted by atomic mass is 16.2. The molecule has 2 aromatic rings. The van der Waals surface area contributed by atoms with Crippen LogP contribution in [0, 0.1) is 0 Å².